The average molecular weight is 147 g/mol. The number of hydrogen-bond donors (Lipinski definition) is 1. The lowest BCUT2D eigenvalue weighted by atomic mass is 10.1. The Labute approximate surface area is 67.8 Å². The van der Waals surface area contributed by atoms with E-state index in [0.29, 0.717) is 0 Å². The zero-order chi connectivity index (χ0) is 8.10. The Balaban J connectivity index is 2.92. The van der Waals surface area contributed by atoms with Gasteiger partial charge in [0.2, 0.25) is 0 Å². The molecule has 1 heteroatoms. The van der Waals surface area contributed by atoms with Crippen molar-refractivity contribution >= 4 is 5.70 Å². The number of hydrogen-bond acceptors (Lipinski definition) is 1. The van der Waals surface area contributed by atoms with E-state index in [9.17, 15) is 0 Å². The minimum atomic E-state index is 1.17. The number of nitrogens with one attached hydrogen (secondary N) is 1. The minimum Gasteiger partial charge on any atom is -0.388 e. The van der Waals surface area contributed by atoms with Crippen LogP contribution in [0.2, 0.25) is 0 Å². The molecular weight excluding hydrogens is 134 g/mol. The molecule has 0 fully saturated rings. The van der Waals surface area contributed by atoms with Crippen LogP contribution in [0.1, 0.15) is 12.5 Å². The average Bonchev–Trinajstić information content (AvgIpc) is 2.09. The Morgan fingerprint density at radius 1 is 1.27 bits per heavy atom. The van der Waals surface area contributed by atoms with Gasteiger partial charge in [0, 0.05) is 12.7 Å². The second kappa shape index (κ2) is 3.81. The SMILES string of the molecule is C/C=C(/NC)c1ccccc1. The highest BCUT2D eigenvalue weighted by Crippen LogP contribution is 2.08. The fraction of sp³-hybridized carbons (Fsp3) is 0.200. The zero-order valence-electron chi connectivity index (χ0n) is 6.96. The monoisotopic (exact) mass is 147 g/mol. The number of rotatable bonds is 2. The van der Waals surface area contributed by atoms with Gasteiger partial charge in [-0.15, -0.1) is 0 Å². The van der Waals surface area contributed by atoms with Crippen molar-refractivity contribution < 1.29 is 0 Å². The quantitative estimate of drug-likeness (QED) is 0.676. The Morgan fingerprint density at radius 3 is 2.36 bits per heavy atom. The lowest BCUT2D eigenvalue weighted by molar-refractivity contribution is 1.12. The Hall–Kier alpha value is -1.24. The van der Waals surface area contributed by atoms with Gasteiger partial charge in [-0.2, -0.15) is 0 Å². The van der Waals surface area contributed by atoms with Gasteiger partial charge >= 0.3 is 0 Å². The first kappa shape index (κ1) is 7.86. The fourth-order valence-corrected chi connectivity index (χ4v) is 1.07. The van der Waals surface area contributed by atoms with E-state index in [-0.39, 0.29) is 0 Å². The minimum absolute atomic E-state index is 1.17. The van der Waals surface area contributed by atoms with E-state index in [0.717, 1.165) is 0 Å². The highest BCUT2D eigenvalue weighted by atomic mass is 14.8. The van der Waals surface area contributed by atoms with E-state index < -0.39 is 0 Å². The number of benzene rings is 1. The molecule has 1 N–H and O–H groups in total. The Kier molecular flexibility index (Phi) is 2.73. The summed E-state index contributed by atoms with van der Waals surface area (Å²) in [7, 11) is 1.93. The summed E-state index contributed by atoms with van der Waals surface area (Å²) in [5, 5.41) is 3.13. The van der Waals surface area contributed by atoms with Crippen molar-refractivity contribution in [1.82, 2.24) is 5.32 Å². The van der Waals surface area contributed by atoms with Crippen LogP contribution >= 0.6 is 0 Å². The summed E-state index contributed by atoms with van der Waals surface area (Å²) < 4.78 is 0. The summed E-state index contributed by atoms with van der Waals surface area (Å²) in [6, 6.07) is 10.3. The van der Waals surface area contributed by atoms with Crippen LogP contribution in [0.3, 0.4) is 0 Å². The molecular formula is C10H13N. The van der Waals surface area contributed by atoms with Crippen LogP contribution in [-0.4, -0.2) is 7.05 Å². The highest BCUT2D eigenvalue weighted by molar-refractivity contribution is 5.62. The first-order valence-electron chi connectivity index (χ1n) is 3.78. The molecule has 1 aromatic rings. The standard InChI is InChI=1S/C10H13N/c1-3-10(11-2)9-7-5-4-6-8-9/h3-8,11H,1-2H3/b10-3+. The van der Waals surface area contributed by atoms with Gasteiger partial charge < -0.3 is 5.32 Å². The van der Waals surface area contributed by atoms with Gasteiger partial charge in [-0.1, -0.05) is 36.4 Å². The van der Waals surface area contributed by atoms with Crippen LogP contribution < -0.4 is 5.32 Å². The van der Waals surface area contributed by atoms with Crippen molar-refractivity contribution in [3.05, 3.63) is 42.0 Å². The predicted octanol–water partition coefficient (Wildman–Crippen LogP) is 2.27. The molecule has 0 spiro atoms. The van der Waals surface area contributed by atoms with Crippen LogP contribution in [-0.2, 0) is 0 Å². The van der Waals surface area contributed by atoms with Crippen LogP contribution in [0.4, 0.5) is 0 Å². The Morgan fingerprint density at radius 2 is 1.91 bits per heavy atom. The third-order valence-electron chi connectivity index (χ3n) is 1.64. The van der Waals surface area contributed by atoms with Gasteiger partial charge in [0.15, 0.2) is 0 Å². The van der Waals surface area contributed by atoms with E-state index in [4.69, 9.17) is 0 Å². The van der Waals surface area contributed by atoms with Gasteiger partial charge in [-0.3, -0.25) is 0 Å². The van der Waals surface area contributed by atoms with E-state index in [1.807, 2.05) is 32.2 Å². The maximum Gasteiger partial charge on any atom is 0.0367 e. The van der Waals surface area contributed by atoms with Crippen molar-refractivity contribution in [2.24, 2.45) is 0 Å². The van der Waals surface area contributed by atoms with Crippen LogP contribution in [0.15, 0.2) is 36.4 Å². The van der Waals surface area contributed by atoms with E-state index in [1.54, 1.807) is 0 Å². The van der Waals surface area contributed by atoms with Crippen molar-refractivity contribution in [3.63, 3.8) is 0 Å². The normalized spacial score (nSPS) is 11.3. The maximum absolute atomic E-state index is 3.13. The second-order valence-corrected chi connectivity index (χ2v) is 2.32. The van der Waals surface area contributed by atoms with Crippen LogP contribution in [0, 0.1) is 0 Å². The van der Waals surface area contributed by atoms with Crippen molar-refractivity contribution in [2.75, 3.05) is 7.05 Å². The molecule has 0 amide bonds. The summed E-state index contributed by atoms with van der Waals surface area (Å²) in [6.07, 6.45) is 2.06. The molecule has 0 unspecified atom stereocenters. The molecule has 0 aliphatic heterocycles. The molecule has 0 bridgehead atoms. The molecule has 0 aliphatic carbocycles. The molecule has 0 saturated heterocycles. The van der Waals surface area contributed by atoms with Crippen LogP contribution in [0.5, 0.6) is 0 Å². The van der Waals surface area contributed by atoms with Crippen LogP contribution in [0.25, 0.3) is 5.70 Å². The molecule has 1 nitrogen and oxygen atoms in total. The maximum atomic E-state index is 3.13. The van der Waals surface area contributed by atoms with E-state index in [2.05, 4.69) is 23.5 Å². The molecule has 58 valence electrons. The lowest BCUT2D eigenvalue weighted by Crippen LogP contribution is -2.03. The summed E-state index contributed by atoms with van der Waals surface area (Å²) >= 11 is 0. The summed E-state index contributed by atoms with van der Waals surface area (Å²) in [6.45, 7) is 2.03. The van der Waals surface area contributed by atoms with Gasteiger partial charge in [-0.25, -0.2) is 0 Å². The summed E-state index contributed by atoms with van der Waals surface area (Å²) in [5.74, 6) is 0. The first-order chi connectivity index (χ1) is 5.38. The molecule has 1 rings (SSSR count). The molecule has 1 aromatic carbocycles. The molecule has 0 radical (unpaired) electrons. The topological polar surface area (TPSA) is 12.0 Å². The van der Waals surface area contributed by atoms with Gasteiger partial charge in [0.05, 0.1) is 0 Å². The summed E-state index contributed by atoms with van der Waals surface area (Å²) in [4.78, 5) is 0. The third-order valence-corrected chi connectivity index (χ3v) is 1.64. The second-order valence-electron chi connectivity index (χ2n) is 2.32. The lowest BCUT2D eigenvalue weighted by Gasteiger charge is -2.04. The molecule has 0 aromatic heterocycles. The molecule has 0 atom stereocenters. The smallest absolute Gasteiger partial charge is 0.0367 e. The molecule has 0 saturated carbocycles. The van der Waals surface area contributed by atoms with Crippen molar-refractivity contribution in [1.29, 1.82) is 0 Å². The largest absolute Gasteiger partial charge is 0.388 e. The molecule has 0 aliphatic rings. The van der Waals surface area contributed by atoms with Gasteiger partial charge in [-0.05, 0) is 12.5 Å². The zero-order valence-corrected chi connectivity index (χ0v) is 6.96. The van der Waals surface area contributed by atoms with Gasteiger partial charge in [0.25, 0.3) is 0 Å². The van der Waals surface area contributed by atoms with E-state index in [1.165, 1.54) is 11.3 Å². The van der Waals surface area contributed by atoms with Crippen molar-refractivity contribution in [3.8, 4) is 0 Å². The predicted molar refractivity (Wildman–Crippen MR) is 49.2 cm³/mol. The fourth-order valence-electron chi connectivity index (χ4n) is 1.07. The first-order valence-corrected chi connectivity index (χ1v) is 3.78. The van der Waals surface area contributed by atoms with Crippen molar-refractivity contribution in [2.45, 2.75) is 6.92 Å². The summed E-state index contributed by atoms with van der Waals surface area (Å²) in [5.41, 5.74) is 2.41. The van der Waals surface area contributed by atoms with E-state index >= 15 is 0 Å². The number of allylic oxidation sites excluding steroid dienone is 1. The van der Waals surface area contributed by atoms with Gasteiger partial charge in [0.1, 0.15) is 0 Å². The molecule has 11 heavy (non-hydrogen) atoms. The third kappa shape index (κ3) is 1.84. The Bertz CT molecular complexity index is 236. The molecule has 0 heterocycles. The highest BCUT2D eigenvalue weighted by Gasteiger charge is 1.93.